The summed E-state index contributed by atoms with van der Waals surface area (Å²) in [7, 11) is 0. The summed E-state index contributed by atoms with van der Waals surface area (Å²) in [5.74, 6) is 0.0719. The molecule has 1 aliphatic heterocycles. The number of carbonyl (C=O) groups excluding carboxylic acids is 1. The zero-order chi connectivity index (χ0) is 23.6. The van der Waals surface area contributed by atoms with Gasteiger partial charge < -0.3 is 15.2 Å². The second-order valence-corrected chi connectivity index (χ2v) is 9.57. The van der Waals surface area contributed by atoms with Crippen molar-refractivity contribution in [3.8, 4) is 5.75 Å². The van der Waals surface area contributed by atoms with Gasteiger partial charge in [-0.05, 0) is 55.5 Å². The average Bonchev–Trinajstić information content (AvgIpc) is 3.30. The molecule has 33 heavy (non-hydrogen) atoms. The van der Waals surface area contributed by atoms with Gasteiger partial charge in [0.15, 0.2) is 0 Å². The van der Waals surface area contributed by atoms with E-state index in [4.69, 9.17) is 27.9 Å². The Balaban J connectivity index is 1.45. The largest absolute Gasteiger partial charge is 0.494 e. The van der Waals surface area contributed by atoms with E-state index in [0.717, 1.165) is 49.3 Å². The van der Waals surface area contributed by atoms with Crippen LogP contribution in [0, 0.1) is 0 Å². The molecule has 0 saturated carbocycles. The average molecular weight is 509 g/mol. The fourth-order valence-electron chi connectivity index (χ4n) is 3.38. The zero-order valence-corrected chi connectivity index (χ0v) is 20.4. The Labute approximate surface area is 207 Å². The number of thioether (sulfide) groups is 1. The third kappa shape index (κ3) is 7.95. The predicted molar refractivity (Wildman–Crippen MR) is 134 cm³/mol. The van der Waals surface area contributed by atoms with Gasteiger partial charge in [0.2, 0.25) is 0 Å². The highest BCUT2D eigenvalue weighted by molar-refractivity contribution is 8.14. The number of hydrogen-bond acceptors (Lipinski definition) is 5. The first kappa shape index (κ1) is 25.4. The number of nitrogens with one attached hydrogen (secondary N) is 1. The van der Waals surface area contributed by atoms with Gasteiger partial charge in [0.05, 0.1) is 27.3 Å². The number of halogens is 2. The van der Waals surface area contributed by atoms with Crippen LogP contribution in [-0.4, -0.2) is 47.0 Å². The third-order valence-corrected chi connectivity index (χ3v) is 6.79. The maximum Gasteiger partial charge on any atom is 0.326 e. The van der Waals surface area contributed by atoms with Crippen LogP contribution in [-0.2, 0) is 11.2 Å². The Kier molecular flexibility index (Phi) is 9.91. The van der Waals surface area contributed by atoms with E-state index in [9.17, 15) is 14.7 Å². The number of carbonyl (C=O) groups is 2. The molecular formula is C24H26Cl2N2O4S. The number of aliphatic imine (C=N–C) groups is 1. The van der Waals surface area contributed by atoms with Crippen molar-refractivity contribution in [3.05, 3.63) is 63.6 Å². The molecule has 0 bridgehead atoms. The summed E-state index contributed by atoms with van der Waals surface area (Å²) in [6, 6.07) is 10.8. The molecule has 0 aliphatic carbocycles. The van der Waals surface area contributed by atoms with Crippen LogP contribution in [0.15, 0.2) is 47.5 Å². The number of nitrogens with zero attached hydrogens (tertiary/aromatic N) is 1. The van der Waals surface area contributed by atoms with Crippen molar-refractivity contribution in [2.75, 3.05) is 18.9 Å². The molecule has 176 valence electrons. The third-order valence-electron chi connectivity index (χ3n) is 5.11. The molecule has 1 aliphatic rings. The van der Waals surface area contributed by atoms with Crippen molar-refractivity contribution in [3.63, 3.8) is 0 Å². The van der Waals surface area contributed by atoms with Crippen molar-refractivity contribution in [2.24, 2.45) is 4.99 Å². The van der Waals surface area contributed by atoms with Crippen LogP contribution >= 0.6 is 35.0 Å². The van der Waals surface area contributed by atoms with Gasteiger partial charge in [-0.15, -0.1) is 11.8 Å². The summed E-state index contributed by atoms with van der Waals surface area (Å²) in [6.45, 7) is 1.58. The van der Waals surface area contributed by atoms with E-state index in [2.05, 4.69) is 10.3 Å². The van der Waals surface area contributed by atoms with Crippen molar-refractivity contribution in [1.29, 1.82) is 0 Å². The van der Waals surface area contributed by atoms with Gasteiger partial charge in [0.1, 0.15) is 11.8 Å². The standard InChI is InChI=1S/C24H26Cl2N2O4S/c25-18-5-4-6-19(26)22(18)23(29)28-20(24(30)31)15-16-8-10-17(11-9-16)32-13-3-1-2-7-21-27-12-14-33-21/h4-6,8-11,20H,1-3,7,12-15H2,(H,28,29)(H,30,31)/t20-/m0/s1. The lowest BCUT2D eigenvalue weighted by Gasteiger charge is -2.16. The molecule has 6 nitrogen and oxygen atoms in total. The Morgan fingerprint density at radius 2 is 1.82 bits per heavy atom. The summed E-state index contributed by atoms with van der Waals surface area (Å²) in [6.07, 6.45) is 4.36. The highest BCUT2D eigenvalue weighted by Crippen LogP contribution is 2.24. The maximum absolute atomic E-state index is 12.5. The summed E-state index contributed by atoms with van der Waals surface area (Å²) in [4.78, 5) is 28.7. The second kappa shape index (κ2) is 12.9. The Morgan fingerprint density at radius 3 is 2.45 bits per heavy atom. The number of unbranched alkanes of at least 4 members (excludes halogenated alkanes) is 2. The molecular weight excluding hydrogens is 483 g/mol. The van der Waals surface area contributed by atoms with Crippen LogP contribution in [0.2, 0.25) is 10.0 Å². The molecule has 2 N–H and O–H groups in total. The Bertz CT molecular complexity index is 978. The summed E-state index contributed by atoms with van der Waals surface area (Å²) in [5, 5.41) is 13.7. The Hall–Kier alpha value is -2.22. The topological polar surface area (TPSA) is 88.0 Å². The van der Waals surface area contributed by atoms with Crippen molar-refractivity contribution in [1.82, 2.24) is 5.32 Å². The molecule has 0 unspecified atom stereocenters. The molecule has 0 saturated heterocycles. The molecule has 2 aromatic carbocycles. The number of hydrogen-bond donors (Lipinski definition) is 2. The van der Waals surface area contributed by atoms with Gasteiger partial charge in [-0.3, -0.25) is 9.79 Å². The normalized spacial score (nSPS) is 13.9. The SMILES string of the molecule is O=C(N[C@@H](Cc1ccc(OCCCCCC2=NCCS2)cc1)C(=O)O)c1c(Cl)cccc1Cl. The van der Waals surface area contributed by atoms with Gasteiger partial charge in [-0.25, -0.2) is 4.79 Å². The van der Waals surface area contributed by atoms with Crippen LogP contribution in [0.5, 0.6) is 5.75 Å². The van der Waals surface area contributed by atoms with E-state index >= 15 is 0 Å². The van der Waals surface area contributed by atoms with E-state index in [-0.39, 0.29) is 22.0 Å². The minimum Gasteiger partial charge on any atom is -0.494 e. The highest BCUT2D eigenvalue weighted by Gasteiger charge is 2.23. The van der Waals surface area contributed by atoms with Crippen LogP contribution in [0.4, 0.5) is 0 Å². The van der Waals surface area contributed by atoms with E-state index in [1.54, 1.807) is 18.2 Å². The van der Waals surface area contributed by atoms with Crippen LogP contribution in [0.1, 0.15) is 41.6 Å². The summed E-state index contributed by atoms with van der Waals surface area (Å²) >= 11 is 14.0. The van der Waals surface area contributed by atoms with Crippen LogP contribution in [0.25, 0.3) is 0 Å². The number of carboxylic acid groups (broad SMARTS) is 1. The number of ether oxygens (including phenoxy) is 1. The van der Waals surface area contributed by atoms with Crippen molar-refractivity contribution < 1.29 is 19.4 Å². The van der Waals surface area contributed by atoms with Gasteiger partial charge in [-0.1, -0.05) is 41.4 Å². The van der Waals surface area contributed by atoms with Crippen LogP contribution < -0.4 is 10.1 Å². The summed E-state index contributed by atoms with van der Waals surface area (Å²) < 4.78 is 5.78. The number of aliphatic carboxylic acids is 1. The lowest BCUT2D eigenvalue weighted by molar-refractivity contribution is -0.139. The molecule has 1 atom stereocenters. The van der Waals surface area contributed by atoms with Crippen molar-refractivity contribution >= 4 is 51.9 Å². The molecule has 3 rings (SSSR count). The molecule has 1 amide bonds. The molecule has 1 heterocycles. The van der Waals surface area contributed by atoms with E-state index in [1.165, 1.54) is 17.2 Å². The second-order valence-electron chi connectivity index (χ2n) is 7.59. The van der Waals surface area contributed by atoms with Gasteiger partial charge in [-0.2, -0.15) is 0 Å². The molecule has 2 aromatic rings. The van der Waals surface area contributed by atoms with Gasteiger partial charge in [0.25, 0.3) is 5.91 Å². The monoisotopic (exact) mass is 508 g/mol. The van der Waals surface area contributed by atoms with E-state index < -0.39 is 17.9 Å². The minimum atomic E-state index is -1.14. The number of benzene rings is 2. The molecule has 0 aromatic heterocycles. The van der Waals surface area contributed by atoms with Crippen molar-refractivity contribution in [2.45, 2.75) is 38.1 Å². The minimum absolute atomic E-state index is 0.0609. The Morgan fingerprint density at radius 1 is 1.09 bits per heavy atom. The first-order chi connectivity index (χ1) is 15.9. The maximum atomic E-state index is 12.5. The molecule has 0 spiro atoms. The molecule has 0 fully saturated rings. The smallest absolute Gasteiger partial charge is 0.326 e. The first-order valence-electron chi connectivity index (χ1n) is 10.8. The highest BCUT2D eigenvalue weighted by atomic mass is 35.5. The fourth-order valence-corrected chi connectivity index (χ4v) is 4.84. The van der Waals surface area contributed by atoms with Gasteiger partial charge in [0, 0.05) is 18.7 Å². The number of rotatable bonds is 12. The zero-order valence-electron chi connectivity index (χ0n) is 18.1. The first-order valence-corrected chi connectivity index (χ1v) is 12.5. The van der Waals surface area contributed by atoms with E-state index in [1.807, 2.05) is 23.9 Å². The lowest BCUT2D eigenvalue weighted by atomic mass is 10.1. The molecule has 9 heteroatoms. The summed E-state index contributed by atoms with van der Waals surface area (Å²) in [5.41, 5.74) is 0.820. The van der Waals surface area contributed by atoms with E-state index in [0.29, 0.717) is 6.61 Å². The number of carboxylic acids is 1. The lowest BCUT2D eigenvalue weighted by Crippen LogP contribution is -2.42. The predicted octanol–water partition coefficient (Wildman–Crippen LogP) is 5.50. The van der Waals surface area contributed by atoms with Crippen LogP contribution in [0.3, 0.4) is 0 Å². The fraction of sp³-hybridized carbons (Fsp3) is 0.375. The quantitative estimate of drug-likeness (QED) is 0.369. The molecule has 0 radical (unpaired) electrons. The number of amides is 1. The van der Waals surface area contributed by atoms with Gasteiger partial charge >= 0.3 is 5.97 Å².